The van der Waals surface area contributed by atoms with E-state index in [4.69, 9.17) is 16.2 Å². The number of nitrogen functional groups attached to an aromatic ring is 2. The molecule has 9 heteroatoms. The van der Waals surface area contributed by atoms with Gasteiger partial charge in [0.2, 0.25) is 0 Å². The summed E-state index contributed by atoms with van der Waals surface area (Å²) in [5.74, 6) is 1.29. The van der Waals surface area contributed by atoms with Gasteiger partial charge in [-0.15, -0.1) is 10.2 Å². The number of likely N-dealkylation sites (tertiary alicyclic amines) is 1. The van der Waals surface area contributed by atoms with Crippen LogP contribution in [-0.2, 0) is 0 Å². The van der Waals surface area contributed by atoms with Crippen LogP contribution in [0.1, 0.15) is 24.3 Å². The fourth-order valence-corrected chi connectivity index (χ4v) is 3.73. The van der Waals surface area contributed by atoms with Crippen molar-refractivity contribution in [2.45, 2.75) is 18.8 Å². The zero-order chi connectivity index (χ0) is 23.2. The molecule has 0 atom stereocenters. The standard InChI is InChI=1S/C24H27N7O2/c1-31-14-12-17(13-15-31)16-6-8-18(9-7-16)27-24(32)33-21-5-3-2-4-19(21)29-30-20-10-11-22(25)28-23(20)26/h2-11,17H,12-15H2,1H3,(H,27,32)(H4,25,26,28)/b30-29+. The third-order valence-corrected chi connectivity index (χ3v) is 5.60. The Bertz CT molecular complexity index is 1140. The fourth-order valence-electron chi connectivity index (χ4n) is 3.73. The number of rotatable bonds is 5. The molecule has 4 rings (SSSR count). The highest BCUT2D eigenvalue weighted by Gasteiger charge is 2.18. The van der Waals surface area contributed by atoms with Crippen LogP contribution in [0.5, 0.6) is 5.75 Å². The Hall–Kier alpha value is -3.98. The minimum Gasteiger partial charge on any atom is -0.408 e. The van der Waals surface area contributed by atoms with E-state index in [1.807, 2.05) is 12.1 Å². The molecule has 9 nitrogen and oxygen atoms in total. The lowest BCUT2D eigenvalue weighted by Gasteiger charge is -2.29. The molecular weight excluding hydrogens is 418 g/mol. The molecule has 2 heterocycles. The zero-order valence-electron chi connectivity index (χ0n) is 18.4. The van der Waals surface area contributed by atoms with E-state index >= 15 is 0 Å². The minimum absolute atomic E-state index is 0.165. The lowest BCUT2D eigenvalue weighted by atomic mass is 9.89. The minimum atomic E-state index is -0.613. The molecule has 33 heavy (non-hydrogen) atoms. The normalized spacial score (nSPS) is 14.9. The van der Waals surface area contributed by atoms with Gasteiger partial charge in [-0.2, -0.15) is 0 Å². The SMILES string of the molecule is CN1CCC(c2ccc(NC(=O)Oc3ccccc3/N=N/c3ccc(N)nc3N)cc2)CC1. The van der Waals surface area contributed by atoms with Crippen molar-refractivity contribution in [3.8, 4) is 5.75 Å². The maximum absolute atomic E-state index is 12.5. The molecule has 0 spiro atoms. The van der Waals surface area contributed by atoms with Crippen molar-refractivity contribution in [2.24, 2.45) is 10.2 Å². The molecule has 0 aliphatic carbocycles. The Morgan fingerprint density at radius 3 is 2.42 bits per heavy atom. The van der Waals surface area contributed by atoms with Gasteiger partial charge >= 0.3 is 6.09 Å². The lowest BCUT2D eigenvalue weighted by molar-refractivity contribution is 0.215. The number of amides is 1. The highest BCUT2D eigenvalue weighted by atomic mass is 16.6. The van der Waals surface area contributed by atoms with Gasteiger partial charge in [0, 0.05) is 5.69 Å². The first-order valence-corrected chi connectivity index (χ1v) is 10.8. The number of carbonyl (C=O) groups excluding carboxylic acids is 1. The number of hydrogen-bond acceptors (Lipinski definition) is 8. The van der Waals surface area contributed by atoms with Crippen molar-refractivity contribution >= 4 is 34.8 Å². The van der Waals surface area contributed by atoms with Gasteiger partial charge in [-0.05, 0) is 80.9 Å². The van der Waals surface area contributed by atoms with Gasteiger partial charge in [-0.25, -0.2) is 9.78 Å². The number of benzene rings is 2. The maximum Gasteiger partial charge on any atom is 0.417 e. The molecule has 170 valence electrons. The quantitative estimate of drug-likeness (QED) is 0.469. The van der Waals surface area contributed by atoms with Crippen molar-refractivity contribution in [3.63, 3.8) is 0 Å². The number of para-hydroxylation sites is 1. The molecule has 3 aromatic rings. The lowest BCUT2D eigenvalue weighted by Crippen LogP contribution is -2.29. The average Bonchev–Trinajstić information content (AvgIpc) is 2.80. The number of piperidine rings is 1. The highest BCUT2D eigenvalue weighted by Crippen LogP contribution is 2.31. The van der Waals surface area contributed by atoms with E-state index in [-0.39, 0.29) is 11.6 Å². The van der Waals surface area contributed by atoms with Crippen molar-refractivity contribution < 1.29 is 9.53 Å². The molecule has 1 aliphatic heterocycles. The molecule has 0 unspecified atom stereocenters. The predicted molar refractivity (Wildman–Crippen MR) is 129 cm³/mol. The summed E-state index contributed by atoms with van der Waals surface area (Å²) in [6.45, 7) is 2.21. The van der Waals surface area contributed by atoms with Crippen molar-refractivity contribution in [1.29, 1.82) is 0 Å². The van der Waals surface area contributed by atoms with E-state index in [1.165, 1.54) is 5.56 Å². The number of carbonyl (C=O) groups is 1. The van der Waals surface area contributed by atoms with Crippen LogP contribution in [-0.4, -0.2) is 36.1 Å². The smallest absolute Gasteiger partial charge is 0.408 e. The molecule has 1 aliphatic rings. The number of ether oxygens (including phenoxy) is 1. The zero-order valence-corrected chi connectivity index (χ0v) is 18.4. The van der Waals surface area contributed by atoms with Gasteiger partial charge in [-0.1, -0.05) is 24.3 Å². The molecule has 1 fully saturated rings. The fraction of sp³-hybridized carbons (Fsp3) is 0.250. The van der Waals surface area contributed by atoms with E-state index < -0.39 is 6.09 Å². The molecule has 1 saturated heterocycles. The van der Waals surface area contributed by atoms with Gasteiger partial charge in [0.1, 0.15) is 17.2 Å². The van der Waals surface area contributed by atoms with Gasteiger partial charge in [0.25, 0.3) is 0 Å². The number of anilines is 3. The van der Waals surface area contributed by atoms with Gasteiger partial charge in [0.05, 0.1) is 0 Å². The molecule has 0 saturated carbocycles. The highest BCUT2D eigenvalue weighted by molar-refractivity contribution is 5.87. The average molecular weight is 446 g/mol. The molecule has 1 aromatic heterocycles. The van der Waals surface area contributed by atoms with Crippen LogP contribution in [0.15, 0.2) is 70.9 Å². The summed E-state index contributed by atoms with van der Waals surface area (Å²) in [6.07, 6.45) is 1.68. The molecule has 2 aromatic carbocycles. The Morgan fingerprint density at radius 2 is 1.70 bits per heavy atom. The summed E-state index contributed by atoms with van der Waals surface area (Å²) in [5, 5.41) is 11.0. The maximum atomic E-state index is 12.5. The summed E-state index contributed by atoms with van der Waals surface area (Å²) < 4.78 is 5.47. The monoisotopic (exact) mass is 445 g/mol. The van der Waals surface area contributed by atoms with Gasteiger partial charge in [0.15, 0.2) is 11.6 Å². The topological polar surface area (TPSA) is 131 Å². The first-order valence-electron chi connectivity index (χ1n) is 10.8. The molecule has 1 amide bonds. The third-order valence-electron chi connectivity index (χ3n) is 5.60. The number of nitrogens with two attached hydrogens (primary N) is 2. The number of pyridine rings is 1. The number of hydrogen-bond donors (Lipinski definition) is 3. The second-order valence-corrected chi connectivity index (χ2v) is 8.02. The van der Waals surface area contributed by atoms with Crippen LogP contribution in [0.25, 0.3) is 0 Å². The van der Waals surface area contributed by atoms with Crippen molar-refractivity contribution in [2.75, 3.05) is 36.9 Å². The van der Waals surface area contributed by atoms with Crippen LogP contribution in [0.4, 0.5) is 33.5 Å². The van der Waals surface area contributed by atoms with E-state index in [0.29, 0.717) is 28.8 Å². The molecule has 5 N–H and O–H groups in total. The first kappa shape index (κ1) is 22.2. The Kier molecular flexibility index (Phi) is 6.80. The van der Waals surface area contributed by atoms with Crippen molar-refractivity contribution in [3.05, 3.63) is 66.2 Å². The number of azo groups is 1. The van der Waals surface area contributed by atoms with E-state index in [0.717, 1.165) is 25.9 Å². The summed E-state index contributed by atoms with van der Waals surface area (Å²) in [4.78, 5) is 18.8. The van der Waals surface area contributed by atoms with Crippen LogP contribution in [0.3, 0.4) is 0 Å². The van der Waals surface area contributed by atoms with Crippen molar-refractivity contribution in [1.82, 2.24) is 9.88 Å². The number of nitrogens with one attached hydrogen (secondary N) is 1. The number of nitrogens with zero attached hydrogens (tertiary/aromatic N) is 4. The predicted octanol–water partition coefficient (Wildman–Crippen LogP) is 5.08. The van der Waals surface area contributed by atoms with Crippen LogP contribution in [0, 0.1) is 0 Å². The summed E-state index contributed by atoms with van der Waals surface area (Å²) in [7, 11) is 2.15. The van der Waals surface area contributed by atoms with Gasteiger partial charge < -0.3 is 21.1 Å². The summed E-state index contributed by atoms with van der Waals surface area (Å²) >= 11 is 0. The van der Waals surface area contributed by atoms with E-state index in [9.17, 15) is 4.79 Å². The van der Waals surface area contributed by atoms with E-state index in [1.54, 1.807) is 36.4 Å². The largest absolute Gasteiger partial charge is 0.417 e. The van der Waals surface area contributed by atoms with E-state index in [2.05, 4.69) is 44.6 Å². The van der Waals surface area contributed by atoms with Crippen LogP contribution < -0.4 is 21.5 Å². The molecule has 0 radical (unpaired) electrons. The van der Waals surface area contributed by atoms with Gasteiger partial charge in [-0.3, -0.25) is 5.32 Å². The summed E-state index contributed by atoms with van der Waals surface area (Å²) in [5.41, 5.74) is 14.1. The second-order valence-electron chi connectivity index (χ2n) is 8.02. The molecular formula is C24H27N7O2. The first-order chi connectivity index (χ1) is 16.0. The Balaban J connectivity index is 1.39. The van der Waals surface area contributed by atoms with Crippen LogP contribution >= 0.6 is 0 Å². The Morgan fingerprint density at radius 1 is 1.00 bits per heavy atom. The Labute approximate surface area is 192 Å². The third kappa shape index (κ3) is 5.83. The number of aromatic nitrogens is 1. The second kappa shape index (κ2) is 10.1. The molecule has 0 bridgehead atoms. The summed E-state index contributed by atoms with van der Waals surface area (Å²) in [6, 6.07) is 18.0. The van der Waals surface area contributed by atoms with Crippen LogP contribution in [0.2, 0.25) is 0 Å².